The van der Waals surface area contributed by atoms with Crippen LogP contribution in [0, 0.1) is 0 Å². The Labute approximate surface area is 104 Å². The number of hydrogen-bond donors (Lipinski definition) is 0. The van der Waals surface area contributed by atoms with Crippen molar-refractivity contribution < 1.29 is 0 Å². The van der Waals surface area contributed by atoms with Crippen molar-refractivity contribution in [3.63, 3.8) is 0 Å². The van der Waals surface area contributed by atoms with Gasteiger partial charge in [0, 0.05) is 0 Å². The average molecular weight is 271 g/mol. The lowest BCUT2D eigenvalue weighted by Crippen LogP contribution is -2.05. The van der Waals surface area contributed by atoms with E-state index >= 15 is 0 Å². The first-order valence-electron chi connectivity index (χ1n) is 5.37. The Morgan fingerprint density at radius 2 is 1.31 bits per heavy atom. The summed E-state index contributed by atoms with van der Waals surface area (Å²) >= 11 is 3.49. The van der Waals surface area contributed by atoms with Crippen molar-refractivity contribution in [3.05, 3.63) is 75.8 Å². The van der Waals surface area contributed by atoms with Gasteiger partial charge >= 0.3 is 0 Å². The summed E-state index contributed by atoms with van der Waals surface area (Å²) in [5.41, 5.74) is 6.80. The van der Waals surface area contributed by atoms with Crippen LogP contribution in [0.15, 0.2) is 53.5 Å². The van der Waals surface area contributed by atoms with E-state index in [0.717, 1.165) is 6.42 Å². The van der Waals surface area contributed by atoms with Crippen molar-refractivity contribution >= 4 is 21.5 Å². The maximum Gasteiger partial charge on any atom is -0.00134 e. The zero-order valence-corrected chi connectivity index (χ0v) is 10.4. The Morgan fingerprint density at radius 3 is 1.81 bits per heavy atom. The maximum absolute atomic E-state index is 3.49. The lowest BCUT2D eigenvalue weighted by atomic mass is 9.83. The van der Waals surface area contributed by atoms with E-state index in [1.807, 2.05) is 4.99 Å². The van der Waals surface area contributed by atoms with Gasteiger partial charge in [-0.3, -0.25) is 0 Å². The molecule has 1 aliphatic carbocycles. The minimum atomic E-state index is 1.04. The summed E-state index contributed by atoms with van der Waals surface area (Å²) in [4.78, 5) is 2.03. The molecule has 0 nitrogen and oxygen atoms in total. The second-order valence-corrected chi connectivity index (χ2v) is 4.47. The number of fused-ring (bicyclic) bond motifs is 2. The molecule has 0 saturated carbocycles. The molecule has 0 heterocycles. The second kappa shape index (κ2) is 3.91. The van der Waals surface area contributed by atoms with Crippen LogP contribution >= 0.6 is 15.9 Å². The fraction of sp³-hybridized carbons (Fsp3) is 0.0667. The zero-order chi connectivity index (χ0) is 11.0. The fourth-order valence-corrected chi connectivity index (χ4v) is 2.84. The Balaban J connectivity index is 2.28. The molecule has 16 heavy (non-hydrogen) atoms. The number of benzene rings is 2. The largest absolute Gasteiger partial charge is 0.0619 e. The molecule has 1 heteroatoms. The van der Waals surface area contributed by atoms with E-state index in [0.29, 0.717) is 0 Å². The first kappa shape index (κ1) is 9.86. The van der Waals surface area contributed by atoms with Crippen molar-refractivity contribution in [2.24, 2.45) is 0 Å². The highest BCUT2D eigenvalue weighted by Gasteiger charge is 2.18. The number of rotatable bonds is 0. The van der Waals surface area contributed by atoms with Gasteiger partial charge in [0.05, 0.1) is 0 Å². The number of halogens is 1. The van der Waals surface area contributed by atoms with Gasteiger partial charge in [-0.1, -0.05) is 64.5 Å². The molecular formula is C15H11Br. The van der Waals surface area contributed by atoms with Gasteiger partial charge in [0.1, 0.15) is 0 Å². The van der Waals surface area contributed by atoms with Crippen LogP contribution in [0.3, 0.4) is 0 Å². The van der Waals surface area contributed by atoms with Gasteiger partial charge in [-0.25, -0.2) is 0 Å². The van der Waals surface area contributed by atoms with Crippen LogP contribution in [0.5, 0.6) is 0 Å². The predicted octanol–water partition coefficient (Wildman–Crippen LogP) is 4.37. The minimum absolute atomic E-state index is 1.04. The third-order valence-corrected chi connectivity index (χ3v) is 3.56. The van der Waals surface area contributed by atoms with Gasteiger partial charge in [0.25, 0.3) is 0 Å². The predicted molar refractivity (Wildman–Crippen MR) is 71.7 cm³/mol. The lowest BCUT2D eigenvalue weighted by Gasteiger charge is -2.21. The molecule has 0 radical (unpaired) electrons. The second-order valence-electron chi connectivity index (χ2n) is 4.01. The molecule has 1 aliphatic rings. The summed E-state index contributed by atoms with van der Waals surface area (Å²) in [6.45, 7) is 0. The molecule has 2 aromatic carbocycles. The van der Waals surface area contributed by atoms with E-state index < -0.39 is 0 Å². The normalized spacial score (nSPS) is 12.9. The van der Waals surface area contributed by atoms with Crippen LogP contribution in [0.2, 0.25) is 0 Å². The lowest BCUT2D eigenvalue weighted by molar-refractivity contribution is 1.14. The standard InChI is InChI=1S/C15H11Br/c16-10-15-13-7-3-1-5-11(13)9-12-6-2-4-8-14(12)15/h1-8,10H,9H2. The van der Waals surface area contributed by atoms with Crippen LogP contribution in [0.25, 0.3) is 5.57 Å². The molecule has 0 fully saturated rings. The third-order valence-electron chi connectivity index (χ3n) is 3.11. The zero-order valence-electron chi connectivity index (χ0n) is 8.78. The van der Waals surface area contributed by atoms with Gasteiger partial charge in [0.2, 0.25) is 0 Å². The highest BCUT2D eigenvalue weighted by Crippen LogP contribution is 2.35. The van der Waals surface area contributed by atoms with Gasteiger partial charge in [-0.2, -0.15) is 0 Å². The van der Waals surface area contributed by atoms with Crippen molar-refractivity contribution in [2.45, 2.75) is 6.42 Å². The summed E-state index contributed by atoms with van der Waals surface area (Å²) in [5, 5.41) is 0. The van der Waals surface area contributed by atoms with Crippen LogP contribution in [-0.4, -0.2) is 0 Å². The SMILES string of the molecule is BrC=C1c2ccccc2Cc2ccccc21. The minimum Gasteiger partial charge on any atom is -0.0619 e. The highest BCUT2D eigenvalue weighted by molar-refractivity contribution is 9.11. The molecule has 0 saturated heterocycles. The molecule has 3 rings (SSSR count). The smallest absolute Gasteiger partial charge is 0.00134 e. The van der Waals surface area contributed by atoms with E-state index in [-0.39, 0.29) is 0 Å². The molecule has 0 bridgehead atoms. The van der Waals surface area contributed by atoms with Crippen molar-refractivity contribution in [2.75, 3.05) is 0 Å². The number of hydrogen-bond acceptors (Lipinski definition) is 0. The van der Waals surface area contributed by atoms with E-state index in [1.165, 1.54) is 27.8 Å². The molecule has 0 N–H and O–H groups in total. The van der Waals surface area contributed by atoms with Crippen LogP contribution in [0.4, 0.5) is 0 Å². The van der Waals surface area contributed by atoms with Crippen molar-refractivity contribution in [1.82, 2.24) is 0 Å². The Hall–Kier alpha value is -1.34. The molecule has 0 spiro atoms. The summed E-state index contributed by atoms with van der Waals surface area (Å²) < 4.78 is 0. The van der Waals surface area contributed by atoms with E-state index in [9.17, 15) is 0 Å². The van der Waals surface area contributed by atoms with Crippen LogP contribution in [0.1, 0.15) is 22.3 Å². The molecule has 78 valence electrons. The first-order chi connectivity index (χ1) is 7.90. The van der Waals surface area contributed by atoms with E-state index in [4.69, 9.17) is 0 Å². The Morgan fingerprint density at radius 1 is 0.812 bits per heavy atom. The van der Waals surface area contributed by atoms with Crippen molar-refractivity contribution in [1.29, 1.82) is 0 Å². The summed E-state index contributed by atoms with van der Waals surface area (Å²) in [7, 11) is 0. The maximum atomic E-state index is 3.49. The highest BCUT2D eigenvalue weighted by atomic mass is 79.9. The Kier molecular flexibility index (Phi) is 2.41. The monoisotopic (exact) mass is 270 g/mol. The van der Waals surface area contributed by atoms with Crippen LogP contribution in [-0.2, 0) is 6.42 Å². The fourth-order valence-electron chi connectivity index (χ4n) is 2.34. The van der Waals surface area contributed by atoms with Gasteiger partial charge in [0.15, 0.2) is 0 Å². The van der Waals surface area contributed by atoms with Gasteiger partial charge < -0.3 is 0 Å². The summed E-state index contributed by atoms with van der Waals surface area (Å²) in [5.74, 6) is 0. The molecule has 0 aromatic heterocycles. The molecule has 0 aliphatic heterocycles. The van der Waals surface area contributed by atoms with Gasteiger partial charge in [-0.15, -0.1) is 0 Å². The van der Waals surface area contributed by atoms with Crippen LogP contribution < -0.4 is 0 Å². The quantitative estimate of drug-likeness (QED) is 0.569. The molecule has 0 atom stereocenters. The molecule has 0 amide bonds. The Bertz CT molecular complexity index is 520. The van der Waals surface area contributed by atoms with E-state index in [2.05, 4.69) is 64.5 Å². The van der Waals surface area contributed by atoms with Gasteiger partial charge in [-0.05, 0) is 39.2 Å². The molecule has 2 aromatic rings. The molecule has 0 unspecified atom stereocenters. The third kappa shape index (κ3) is 1.43. The van der Waals surface area contributed by atoms with Crippen molar-refractivity contribution in [3.8, 4) is 0 Å². The molecular weight excluding hydrogens is 260 g/mol. The average Bonchev–Trinajstić information content (AvgIpc) is 2.36. The summed E-state index contributed by atoms with van der Waals surface area (Å²) in [6.07, 6.45) is 1.04. The van der Waals surface area contributed by atoms with E-state index in [1.54, 1.807) is 0 Å². The summed E-state index contributed by atoms with van der Waals surface area (Å²) in [6, 6.07) is 17.2. The topological polar surface area (TPSA) is 0 Å². The first-order valence-corrected chi connectivity index (χ1v) is 6.28.